The summed E-state index contributed by atoms with van der Waals surface area (Å²) in [6, 6.07) is 11.6. The lowest BCUT2D eigenvalue weighted by molar-refractivity contribution is -0.140. The molecule has 1 heterocycles. The van der Waals surface area contributed by atoms with Crippen LogP contribution >= 0.6 is 11.6 Å². The summed E-state index contributed by atoms with van der Waals surface area (Å²) < 4.78 is 45.6. The maximum absolute atomic E-state index is 13.0. The zero-order valence-electron chi connectivity index (χ0n) is 17.1. The molecule has 32 heavy (non-hydrogen) atoms. The van der Waals surface area contributed by atoms with Crippen molar-refractivity contribution in [2.45, 2.75) is 24.0 Å². The number of carbonyl (C=O) groups is 2. The van der Waals surface area contributed by atoms with Gasteiger partial charge in [-0.05, 0) is 54.8 Å². The molecular weight excluding hydrogens is 461 g/mol. The highest BCUT2D eigenvalue weighted by Gasteiger charge is 2.34. The minimum absolute atomic E-state index is 0.0577. The van der Waals surface area contributed by atoms with Crippen LogP contribution in [-0.4, -0.2) is 57.0 Å². The van der Waals surface area contributed by atoms with Crippen molar-refractivity contribution in [1.82, 2.24) is 14.9 Å². The van der Waals surface area contributed by atoms with Crippen LogP contribution in [0, 0.1) is 5.82 Å². The molecule has 2 N–H and O–H groups in total. The largest absolute Gasteiger partial charge is 0.360 e. The molecule has 172 valence electrons. The van der Waals surface area contributed by atoms with Crippen LogP contribution in [0.4, 0.5) is 4.39 Å². The predicted octanol–water partition coefficient (Wildman–Crippen LogP) is 1.69. The number of nitrogens with zero attached hydrogens (tertiary/aromatic N) is 1. The van der Waals surface area contributed by atoms with E-state index in [-0.39, 0.29) is 30.3 Å². The minimum Gasteiger partial charge on any atom is -0.360 e. The molecule has 0 radical (unpaired) electrons. The molecule has 2 amide bonds. The van der Waals surface area contributed by atoms with Gasteiger partial charge in [0.05, 0.1) is 18.0 Å². The van der Waals surface area contributed by atoms with E-state index in [1.165, 1.54) is 36.4 Å². The number of carbonyl (C=O) groups excluding carboxylic acids is 2. The van der Waals surface area contributed by atoms with Crippen molar-refractivity contribution in [3.05, 3.63) is 64.9 Å². The number of nitrogens with one attached hydrogen (secondary N) is 2. The summed E-state index contributed by atoms with van der Waals surface area (Å²) in [5.74, 6) is -2.11. The molecule has 0 bridgehead atoms. The standard InChI is InChI=1S/C21H23ClFN3O5S/c22-16-4-8-18(9-5-16)32(29,30)26-12-1-13-31-19(26)14-25-21(28)20(27)24-11-10-15-2-6-17(23)7-3-15/h2-9,19H,1,10-14H2,(H,24,27)(H,25,28)/t19-/m0/s1. The Bertz CT molecular complexity index is 1050. The average Bonchev–Trinajstić information content (AvgIpc) is 2.79. The third-order valence-electron chi connectivity index (χ3n) is 4.83. The number of hydrogen-bond acceptors (Lipinski definition) is 5. The lowest BCUT2D eigenvalue weighted by Gasteiger charge is -2.34. The Labute approximate surface area is 190 Å². The second kappa shape index (κ2) is 10.9. The summed E-state index contributed by atoms with van der Waals surface area (Å²) in [6.45, 7) is 0.554. The van der Waals surface area contributed by atoms with Crippen LogP contribution in [-0.2, 0) is 30.8 Å². The molecule has 0 saturated carbocycles. The van der Waals surface area contributed by atoms with Gasteiger partial charge in [-0.25, -0.2) is 12.8 Å². The topological polar surface area (TPSA) is 105 Å². The van der Waals surface area contributed by atoms with Gasteiger partial charge in [0.2, 0.25) is 10.0 Å². The molecule has 0 unspecified atom stereocenters. The number of benzene rings is 2. The van der Waals surface area contributed by atoms with Gasteiger partial charge in [-0.3, -0.25) is 9.59 Å². The number of halogens is 2. The van der Waals surface area contributed by atoms with Crippen molar-refractivity contribution in [2.75, 3.05) is 26.2 Å². The van der Waals surface area contributed by atoms with Gasteiger partial charge in [-0.15, -0.1) is 0 Å². The van der Waals surface area contributed by atoms with Crippen molar-refractivity contribution < 1.29 is 27.1 Å². The molecule has 0 aromatic heterocycles. The SMILES string of the molecule is O=C(NCCc1ccc(F)cc1)C(=O)NC[C@@H]1OCCCN1S(=O)(=O)c1ccc(Cl)cc1. The van der Waals surface area contributed by atoms with E-state index >= 15 is 0 Å². The summed E-state index contributed by atoms with van der Waals surface area (Å²) in [5.41, 5.74) is 0.811. The van der Waals surface area contributed by atoms with Crippen LogP contribution in [0.1, 0.15) is 12.0 Å². The Kier molecular flexibility index (Phi) is 8.19. The zero-order chi connectivity index (χ0) is 23.1. The molecule has 8 nitrogen and oxygen atoms in total. The van der Waals surface area contributed by atoms with Crippen molar-refractivity contribution in [2.24, 2.45) is 0 Å². The fraction of sp³-hybridized carbons (Fsp3) is 0.333. The van der Waals surface area contributed by atoms with Crippen LogP contribution < -0.4 is 10.6 Å². The van der Waals surface area contributed by atoms with E-state index in [2.05, 4.69) is 10.6 Å². The first-order valence-corrected chi connectivity index (χ1v) is 11.8. The summed E-state index contributed by atoms with van der Waals surface area (Å²) in [7, 11) is -3.87. The molecule has 1 fully saturated rings. The highest BCUT2D eigenvalue weighted by molar-refractivity contribution is 7.89. The van der Waals surface area contributed by atoms with E-state index in [1.807, 2.05) is 0 Å². The average molecular weight is 484 g/mol. The van der Waals surface area contributed by atoms with E-state index in [9.17, 15) is 22.4 Å². The molecule has 11 heteroatoms. The molecular formula is C21H23ClFN3O5S. The smallest absolute Gasteiger partial charge is 0.309 e. The minimum atomic E-state index is -3.87. The summed E-state index contributed by atoms with van der Waals surface area (Å²) >= 11 is 5.83. The second-order valence-corrected chi connectivity index (χ2v) is 9.42. The third kappa shape index (κ3) is 6.26. The van der Waals surface area contributed by atoms with Crippen molar-refractivity contribution in [3.63, 3.8) is 0 Å². The predicted molar refractivity (Wildman–Crippen MR) is 116 cm³/mol. The van der Waals surface area contributed by atoms with Gasteiger partial charge in [0, 0.05) is 18.1 Å². The second-order valence-electron chi connectivity index (χ2n) is 7.09. The van der Waals surface area contributed by atoms with Crippen molar-refractivity contribution in [1.29, 1.82) is 0 Å². The molecule has 2 aromatic carbocycles. The van der Waals surface area contributed by atoms with Gasteiger partial charge in [0.15, 0.2) is 0 Å². The first-order valence-electron chi connectivity index (χ1n) is 9.97. The lowest BCUT2D eigenvalue weighted by atomic mass is 10.1. The van der Waals surface area contributed by atoms with Crippen LogP contribution in [0.2, 0.25) is 5.02 Å². The van der Waals surface area contributed by atoms with E-state index in [0.717, 1.165) is 9.87 Å². The Morgan fingerprint density at radius 3 is 2.41 bits per heavy atom. The van der Waals surface area contributed by atoms with E-state index in [1.54, 1.807) is 12.1 Å². The third-order valence-corrected chi connectivity index (χ3v) is 6.99. The van der Waals surface area contributed by atoms with Gasteiger partial charge in [-0.2, -0.15) is 4.31 Å². The number of amides is 2. The summed E-state index contributed by atoms with van der Waals surface area (Å²) in [6.07, 6.45) is -0.0142. The van der Waals surface area contributed by atoms with Crippen molar-refractivity contribution >= 4 is 33.4 Å². The molecule has 0 spiro atoms. The quantitative estimate of drug-likeness (QED) is 0.583. The van der Waals surface area contributed by atoms with Crippen LogP contribution in [0.25, 0.3) is 0 Å². The number of ether oxygens (including phenoxy) is 1. The van der Waals surface area contributed by atoms with Crippen LogP contribution in [0.5, 0.6) is 0 Å². The zero-order valence-corrected chi connectivity index (χ0v) is 18.7. The van der Waals surface area contributed by atoms with E-state index in [0.29, 0.717) is 24.5 Å². The maximum atomic E-state index is 13.0. The summed E-state index contributed by atoms with van der Waals surface area (Å²) in [4.78, 5) is 24.2. The highest BCUT2D eigenvalue weighted by atomic mass is 35.5. The monoisotopic (exact) mass is 483 g/mol. The molecule has 1 aliphatic rings. The molecule has 2 aromatic rings. The van der Waals surface area contributed by atoms with Gasteiger partial charge in [0.25, 0.3) is 0 Å². The van der Waals surface area contributed by atoms with Crippen LogP contribution in [0.15, 0.2) is 53.4 Å². The molecule has 0 aliphatic carbocycles. The molecule has 1 atom stereocenters. The first kappa shape index (κ1) is 24.1. The van der Waals surface area contributed by atoms with E-state index < -0.39 is 28.1 Å². The Balaban J connectivity index is 1.53. The molecule has 1 saturated heterocycles. The number of sulfonamides is 1. The fourth-order valence-electron chi connectivity index (χ4n) is 3.16. The maximum Gasteiger partial charge on any atom is 0.309 e. The number of hydrogen-bond donors (Lipinski definition) is 2. The Morgan fingerprint density at radius 1 is 1.06 bits per heavy atom. The molecule has 3 rings (SSSR count). The van der Waals surface area contributed by atoms with E-state index in [4.69, 9.17) is 16.3 Å². The normalized spacial score (nSPS) is 17.0. The highest BCUT2D eigenvalue weighted by Crippen LogP contribution is 2.23. The number of rotatable bonds is 7. The van der Waals surface area contributed by atoms with Gasteiger partial charge in [0.1, 0.15) is 12.0 Å². The lowest BCUT2D eigenvalue weighted by Crippen LogP contribution is -2.53. The van der Waals surface area contributed by atoms with Gasteiger partial charge in [-0.1, -0.05) is 23.7 Å². The Morgan fingerprint density at radius 2 is 1.72 bits per heavy atom. The summed E-state index contributed by atoms with van der Waals surface area (Å²) in [5, 5.41) is 5.30. The fourth-order valence-corrected chi connectivity index (χ4v) is 4.85. The van der Waals surface area contributed by atoms with Crippen LogP contribution in [0.3, 0.4) is 0 Å². The molecule has 1 aliphatic heterocycles. The Hall–Kier alpha value is -2.53. The van der Waals surface area contributed by atoms with Crippen molar-refractivity contribution in [3.8, 4) is 0 Å². The first-order chi connectivity index (χ1) is 15.3. The van der Waals surface area contributed by atoms with Gasteiger partial charge >= 0.3 is 11.8 Å². The van der Waals surface area contributed by atoms with Gasteiger partial charge < -0.3 is 15.4 Å².